The molecule has 0 spiro atoms. The van der Waals surface area contributed by atoms with Gasteiger partial charge in [0.2, 0.25) is 0 Å². The zero-order valence-corrected chi connectivity index (χ0v) is 16.8. The van der Waals surface area contributed by atoms with Crippen LogP contribution in [0.5, 0.6) is 11.5 Å². The number of aromatic hydroxyl groups is 2. The summed E-state index contributed by atoms with van der Waals surface area (Å²) < 4.78 is 29.8. The summed E-state index contributed by atoms with van der Waals surface area (Å²) in [5, 5.41) is 25.0. The van der Waals surface area contributed by atoms with Crippen molar-refractivity contribution in [3.05, 3.63) is 84.6 Å². The minimum absolute atomic E-state index is 0.224. The molecule has 8 heteroatoms. The van der Waals surface area contributed by atoms with E-state index in [4.69, 9.17) is 0 Å². The van der Waals surface area contributed by atoms with Crippen molar-refractivity contribution < 1.29 is 18.6 Å². The molecule has 0 fully saturated rings. The van der Waals surface area contributed by atoms with Gasteiger partial charge in [0.05, 0.1) is 17.6 Å². The molecule has 30 heavy (non-hydrogen) atoms. The van der Waals surface area contributed by atoms with E-state index in [1.165, 1.54) is 6.07 Å². The fraction of sp³-hybridized carbons (Fsp3) is 0.0455. The maximum Gasteiger partial charge on any atom is 0.265 e. The molecule has 0 unspecified atom stereocenters. The third-order valence-electron chi connectivity index (χ3n) is 4.66. The van der Waals surface area contributed by atoms with E-state index in [0.717, 1.165) is 17.3 Å². The second kappa shape index (κ2) is 7.57. The highest BCUT2D eigenvalue weighted by Gasteiger charge is 2.23. The van der Waals surface area contributed by atoms with Crippen molar-refractivity contribution in [3.8, 4) is 28.4 Å². The van der Waals surface area contributed by atoms with Gasteiger partial charge in [0.25, 0.3) is 10.0 Å². The molecule has 0 saturated carbocycles. The van der Waals surface area contributed by atoms with Gasteiger partial charge in [-0.1, -0.05) is 36.4 Å². The van der Waals surface area contributed by atoms with Gasteiger partial charge in [0.15, 0.2) is 0 Å². The van der Waals surface area contributed by atoms with Gasteiger partial charge < -0.3 is 10.2 Å². The molecule has 4 aromatic rings. The lowest BCUT2D eigenvalue weighted by Crippen LogP contribution is -2.13. The van der Waals surface area contributed by atoms with Gasteiger partial charge in [0, 0.05) is 17.3 Å². The van der Waals surface area contributed by atoms with E-state index in [0.29, 0.717) is 11.4 Å². The van der Waals surface area contributed by atoms with Crippen LogP contribution in [0.25, 0.3) is 16.9 Å². The fourth-order valence-corrected chi connectivity index (χ4v) is 4.36. The lowest BCUT2D eigenvalue weighted by Gasteiger charge is -2.14. The van der Waals surface area contributed by atoms with E-state index in [-0.39, 0.29) is 16.2 Å². The minimum Gasteiger partial charge on any atom is -0.507 e. The van der Waals surface area contributed by atoms with Gasteiger partial charge in [-0.3, -0.25) is 4.72 Å². The molecule has 0 bridgehead atoms. The number of anilines is 1. The maximum absolute atomic E-state index is 12.9. The highest BCUT2D eigenvalue weighted by Crippen LogP contribution is 2.38. The van der Waals surface area contributed by atoms with Gasteiger partial charge >= 0.3 is 0 Å². The number of phenolic OH excluding ortho intramolecular Hbond substituents is 2. The van der Waals surface area contributed by atoms with E-state index in [1.54, 1.807) is 47.3 Å². The van der Waals surface area contributed by atoms with Gasteiger partial charge in [-0.2, -0.15) is 5.10 Å². The predicted octanol–water partition coefficient (Wildman–Crippen LogP) is 4.06. The molecule has 1 aromatic heterocycles. The van der Waals surface area contributed by atoms with Crippen LogP contribution in [0.1, 0.15) is 5.56 Å². The summed E-state index contributed by atoms with van der Waals surface area (Å²) in [4.78, 5) is -0.350. The van der Waals surface area contributed by atoms with Crippen molar-refractivity contribution >= 4 is 15.7 Å². The van der Waals surface area contributed by atoms with Crippen molar-refractivity contribution in [1.82, 2.24) is 9.78 Å². The smallest absolute Gasteiger partial charge is 0.265 e. The van der Waals surface area contributed by atoms with Gasteiger partial charge in [-0.25, -0.2) is 13.1 Å². The van der Waals surface area contributed by atoms with Crippen molar-refractivity contribution in [2.24, 2.45) is 0 Å². The van der Waals surface area contributed by atoms with Crippen molar-refractivity contribution in [2.75, 3.05) is 4.72 Å². The zero-order valence-electron chi connectivity index (χ0n) is 16.0. The highest BCUT2D eigenvalue weighted by molar-refractivity contribution is 7.92. The number of nitrogens with one attached hydrogen (secondary N) is 1. The number of aryl methyl sites for hydroxylation is 1. The molecule has 0 radical (unpaired) electrons. The molecule has 0 saturated heterocycles. The number of rotatable bonds is 5. The molecule has 0 atom stereocenters. The summed E-state index contributed by atoms with van der Waals surface area (Å²) in [6.07, 6.45) is 1.56. The number of aromatic nitrogens is 2. The SMILES string of the molecule is Cc1ccccc1-n1nccc1-c1cc(S(=O)(=O)Nc2ccccc2)c(O)cc1O. The van der Waals surface area contributed by atoms with E-state index < -0.39 is 15.8 Å². The number of nitrogens with zero attached hydrogens (tertiary/aromatic N) is 2. The summed E-state index contributed by atoms with van der Waals surface area (Å²) in [6, 6.07) is 19.8. The van der Waals surface area contributed by atoms with E-state index in [9.17, 15) is 18.6 Å². The normalized spacial score (nSPS) is 11.4. The molecule has 7 nitrogen and oxygen atoms in total. The fourth-order valence-electron chi connectivity index (χ4n) is 3.19. The van der Waals surface area contributed by atoms with Gasteiger partial charge in [-0.15, -0.1) is 0 Å². The first-order valence-electron chi connectivity index (χ1n) is 9.11. The summed E-state index contributed by atoms with van der Waals surface area (Å²) >= 11 is 0. The predicted molar refractivity (Wildman–Crippen MR) is 114 cm³/mol. The monoisotopic (exact) mass is 421 g/mol. The second-order valence-corrected chi connectivity index (χ2v) is 8.37. The second-order valence-electron chi connectivity index (χ2n) is 6.72. The lowest BCUT2D eigenvalue weighted by molar-refractivity contribution is 0.440. The van der Waals surface area contributed by atoms with Gasteiger partial charge in [0.1, 0.15) is 16.4 Å². The summed E-state index contributed by atoms with van der Waals surface area (Å²) in [7, 11) is -4.10. The maximum atomic E-state index is 12.9. The zero-order chi connectivity index (χ0) is 21.3. The van der Waals surface area contributed by atoms with Crippen LogP contribution in [-0.4, -0.2) is 28.4 Å². The van der Waals surface area contributed by atoms with E-state index in [1.807, 2.05) is 31.2 Å². The number of hydrogen-bond donors (Lipinski definition) is 3. The molecule has 0 aliphatic carbocycles. The largest absolute Gasteiger partial charge is 0.507 e. The summed E-state index contributed by atoms with van der Waals surface area (Å²) in [5.74, 6) is -0.817. The number of para-hydroxylation sites is 2. The average Bonchev–Trinajstić information content (AvgIpc) is 3.18. The Balaban J connectivity index is 1.83. The highest BCUT2D eigenvalue weighted by atomic mass is 32.2. The Bertz CT molecular complexity index is 1320. The van der Waals surface area contributed by atoms with Crippen molar-refractivity contribution in [2.45, 2.75) is 11.8 Å². The van der Waals surface area contributed by atoms with Crippen LogP contribution in [0.2, 0.25) is 0 Å². The first-order chi connectivity index (χ1) is 14.4. The molecular weight excluding hydrogens is 402 g/mol. The molecule has 4 rings (SSSR count). The van der Waals surface area contributed by atoms with Gasteiger partial charge in [-0.05, 0) is 42.8 Å². The standard InChI is InChI=1S/C22H19N3O4S/c1-15-7-5-6-10-18(15)25-19(11-12-23-25)17-13-22(21(27)14-20(17)26)30(28,29)24-16-8-3-2-4-9-16/h2-14,24,26-27H,1H3. The number of sulfonamides is 1. The van der Waals surface area contributed by atoms with Crippen LogP contribution in [-0.2, 0) is 10.0 Å². The van der Waals surface area contributed by atoms with Crippen LogP contribution in [0.4, 0.5) is 5.69 Å². The van der Waals surface area contributed by atoms with Crippen LogP contribution >= 0.6 is 0 Å². The Kier molecular flexibility index (Phi) is 4.93. The third kappa shape index (κ3) is 3.60. The summed E-state index contributed by atoms with van der Waals surface area (Å²) in [6.45, 7) is 1.93. The summed E-state index contributed by atoms with van der Waals surface area (Å²) in [5.41, 5.74) is 2.81. The number of phenols is 2. The van der Waals surface area contributed by atoms with Crippen LogP contribution < -0.4 is 4.72 Å². The molecular formula is C22H19N3O4S. The Hall–Kier alpha value is -3.78. The van der Waals surface area contributed by atoms with E-state index in [2.05, 4.69) is 9.82 Å². The molecule has 152 valence electrons. The molecule has 0 aliphatic heterocycles. The van der Waals surface area contributed by atoms with Crippen LogP contribution in [0.15, 0.2) is 83.9 Å². The Labute approximate surface area is 173 Å². The van der Waals surface area contributed by atoms with E-state index >= 15 is 0 Å². The minimum atomic E-state index is -4.10. The average molecular weight is 421 g/mol. The quantitative estimate of drug-likeness (QED) is 0.451. The Morgan fingerprint density at radius 3 is 2.33 bits per heavy atom. The lowest BCUT2D eigenvalue weighted by atomic mass is 10.1. The van der Waals surface area contributed by atoms with Crippen LogP contribution in [0, 0.1) is 6.92 Å². The first-order valence-corrected chi connectivity index (χ1v) is 10.6. The molecule has 3 N–H and O–H groups in total. The molecule has 0 aliphatic rings. The van der Waals surface area contributed by atoms with Crippen molar-refractivity contribution in [3.63, 3.8) is 0 Å². The molecule has 1 heterocycles. The number of hydrogen-bond acceptors (Lipinski definition) is 5. The number of benzene rings is 3. The molecule has 0 amide bonds. The topological polar surface area (TPSA) is 104 Å². The first kappa shape index (κ1) is 19.5. The van der Waals surface area contributed by atoms with Crippen LogP contribution in [0.3, 0.4) is 0 Å². The Morgan fingerprint density at radius 2 is 1.60 bits per heavy atom. The van der Waals surface area contributed by atoms with Crippen molar-refractivity contribution in [1.29, 1.82) is 0 Å². The Morgan fingerprint density at radius 1 is 0.900 bits per heavy atom. The molecule has 3 aromatic carbocycles. The third-order valence-corrected chi connectivity index (χ3v) is 6.07.